The van der Waals surface area contributed by atoms with Gasteiger partial charge in [0, 0.05) is 0 Å². The van der Waals surface area contributed by atoms with Crippen molar-refractivity contribution in [3.8, 4) is 0 Å². The summed E-state index contributed by atoms with van der Waals surface area (Å²) in [5.41, 5.74) is 0. The predicted octanol–water partition coefficient (Wildman–Crippen LogP) is -0.173. The van der Waals surface area contributed by atoms with E-state index in [1.165, 1.54) is 0 Å². The molecule has 1 N–H and O–H groups in total. The van der Waals surface area contributed by atoms with Gasteiger partial charge in [-0.25, -0.2) is 0 Å². The summed E-state index contributed by atoms with van der Waals surface area (Å²) in [4.78, 5) is 8.67. The Hall–Kier alpha value is 0.527. The fraction of sp³-hybridized carbons (Fsp3) is 1.00. The second kappa shape index (κ2) is 8.53. The van der Waals surface area contributed by atoms with Gasteiger partial charge in [0.1, 0.15) is 0 Å². The first-order valence-corrected chi connectivity index (χ1v) is 3.69. The fourth-order valence-corrected chi connectivity index (χ4v) is 0.774. The van der Waals surface area contributed by atoms with E-state index in [1.807, 2.05) is 13.8 Å². The van der Waals surface area contributed by atoms with Crippen molar-refractivity contribution in [2.45, 2.75) is 13.8 Å². The minimum atomic E-state index is -1.58. The highest BCUT2D eigenvalue weighted by Crippen LogP contribution is 2.31. The molecule has 0 spiro atoms. The van der Waals surface area contributed by atoms with Crippen molar-refractivity contribution in [1.29, 1.82) is 0 Å². The molecule has 0 unspecified atom stereocenters. The predicted molar refractivity (Wildman–Crippen MR) is 43.7 cm³/mol. The summed E-state index contributed by atoms with van der Waals surface area (Å²) in [5.74, 6) is 0. The van der Waals surface area contributed by atoms with Crippen molar-refractivity contribution >= 4 is 19.6 Å². The molecule has 0 aromatic carbocycles. The average Bonchev–Trinajstić information content (AvgIpc) is 1.68. The van der Waals surface area contributed by atoms with Crippen LogP contribution in [0.2, 0.25) is 0 Å². The highest BCUT2D eigenvalue weighted by atomic mass is 31.2. The molecule has 0 radical (unpaired) electrons. The second-order valence-electron chi connectivity index (χ2n) is 1.07. The lowest BCUT2D eigenvalue weighted by Crippen LogP contribution is -1.87. The number of rotatable bonds is 4. The van der Waals surface area contributed by atoms with Gasteiger partial charge >= 0.3 is 8.60 Å². The summed E-state index contributed by atoms with van der Waals surface area (Å²) in [6.07, 6.45) is 0. The van der Waals surface area contributed by atoms with Crippen molar-refractivity contribution in [3.05, 3.63) is 0 Å². The van der Waals surface area contributed by atoms with Crippen LogP contribution in [0.3, 0.4) is 0 Å². The molecule has 0 aliphatic rings. The van der Waals surface area contributed by atoms with Crippen LogP contribution in [-0.4, -0.2) is 29.1 Å². The number of hydrogen-bond acceptors (Lipinski definition) is 3. The minimum absolute atomic E-state index is 0. The Labute approximate surface area is 61.4 Å². The lowest BCUT2D eigenvalue weighted by atomic mass is 10.9. The van der Waals surface area contributed by atoms with Gasteiger partial charge in [-0.1, -0.05) is 0 Å². The molecule has 0 heterocycles. The summed E-state index contributed by atoms with van der Waals surface area (Å²) in [5, 5.41) is 0. The first-order valence-electron chi connectivity index (χ1n) is 2.56. The largest absolute Gasteiger partial charge is 0.329 e. The van der Waals surface area contributed by atoms with Gasteiger partial charge in [-0.15, -0.1) is 0 Å². The Morgan fingerprint density at radius 2 is 1.56 bits per heavy atom. The molecule has 0 bridgehead atoms. The smallest absolute Gasteiger partial charge is 0.328 e. The molecule has 9 heavy (non-hydrogen) atoms. The molecule has 0 rings (SSSR count). The van der Waals surface area contributed by atoms with Crippen LogP contribution in [0.5, 0.6) is 0 Å². The topological polar surface area (TPSA) is 38.7 Å². The Balaban J connectivity index is 0. The first-order chi connectivity index (χ1) is 3.81. The molecule has 58 valence electrons. The van der Waals surface area contributed by atoms with E-state index in [0.29, 0.717) is 13.2 Å². The van der Waals surface area contributed by atoms with Gasteiger partial charge in [0.25, 0.3) is 0 Å². The monoisotopic (exact) mass is 170 g/mol. The van der Waals surface area contributed by atoms with Crippen LogP contribution in [0, 0.1) is 0 Å². The lowest BCUT2D eigenvalue weighted by Gasteiger charge is -2.05. The van der Waals surface area contributed by atoms with Crippen molar-refractivity contribution in [1.82, 2.24) is 0 Å². The Morgan fingerprint density at radius 1 is 1.22 bits per heavy atom. The zero-order chi connectivity index (χ0) is 6.41. The standard InChI is InChI=1S/C4H11O3P.H4Si/c1-3-6-8(5)7-4-2;/h5H,3-4H2,1-2H3;1H4. The molecule has 0 atom stereocenters. The highest BCUT2D eigenvalue weighted by Gasteiger charge is 2.00. The zero-order valence-corrected chi connectivity index (χ0v) is 6.02. The Kier molecular flexibility index (Phi) is 11.6. The summed E-state index contributed by atoms with van der Waals surface area (Å²) >= 11 is 0. The molecule has 0 aromatic heterocycles. The molecule has 5 heteroatoms. The second-order valence-corrected chi connectivity index (χ2v) is 2.07. The molecule has 0 aromatic rings. The van der Waals surface area contributed by atoms with E-state index in [9.17, 15) is 0 Å². The van der Waals surface area contributed by atoms with Crippen LogP contribution < -0.4 is 0 Å². The van der Waals surface area contributed by atoms with Gasteiger partial charge < -0.3 is 13.9 Å². The van der Waals surface area contributed by atoms with E-state index in [0.717, 1.165) is 0 Å². The summed E-state index contributed by atoms with van der Waals surface area (Å²) in [6, 6.07) is 0. The molecule has 0 aliphatic heterocycles. The summed E-state index contributed by atoms with van der Waals surface area (Å²) < 4.78 is 9.36. The quantitative estimate of drug-likeness (QED) is 0.470. The molecule has 3 nitrogen and oxygen atoms in total. The van der Waals surface area contributed by atoms with Crippen molar-refractivity contribution in [2.75, 3.05) is 13.2 Å². The normalized spacial score (nSPS) is 9.33. The molecular weight excluding hydrogens is 155 g/mol. The maximum absolute atomic E-state index is 8.67. The van der Waals surface area contributed by atoms with E-state index >= 15 is 0 Å². The molecule has 0 fully saturated rings. The van der Waals surface area contributed by atoms with E-state index in [2.05, 4.69) is 9.05 Å². The van der Waals surface area contributed by atoms with Crippen LogP contribution in [0.4, 0.5) is 0 Å². The third-order valence-electron chi connectivity index (χ3n) is 0.479. The molecule has 0 aliphatic carbocycles. The third kappa shape index (κ3) is 8.53. The van der Waals surface area contributed by atoms with Crippen LogP contribution in [0.1, 0.15) is 13.8 Å². The van der Waals surface area contributed by atoms with Crippen molar-refractivity contribution in [2.24, 2.45) is 0 Å². The van der Waals surface area contributed by atoms with Gasteiger partial charge in [-0.05, 0) is 24.8 Å². The Bertz CT molecular complexity index is 49.1. The van der Waals surface area contributed by atoms with Gasteiger partial charge in [0.05, 0.1) is 13.2 Å². The maximum Gasteiger partial charge on any atom is 0.329 e. The van der Waals surface area contributed by atoms with Crippen molar-refractivity contribution < 1.29 is 13.9 Å². The fourth-order valence-electron chi connectivity index (χ4n) is 0.258. The van der Waals surface area contributed by atoms with E-state index < -0.39 is 8.60 Å². The van der Waals surface area contributed by atoms with Crippen LogP contribution in [-0.2, 0) is 9.05 Å². The lowest BCUT2D eigenvalue weighted by molar-refractivity contribution is 0.216. The van der Waals surface area contributed by atoms with Gasteiger partial charge in [-0.2, -0.15) is 0 Å². The van der Waals surface area contributed by atoms with Gasteiger partial charge in [0.2, 0.25) is 0 Å². The highest BCUT2D eigenvalue weighted by molar-refractivity contribution is 7.40. The summed E-state index contributed by atoms with van der Waals surface area (Å²) in [7, 11) is -1.58. The van der Waals surface area contributed by atoms with Gasteiger partial charge in [-0.3, -0.25) is 0 Å². The average molecular weight is 170 g/mol. The van der Waals surface area contributed by atoms with Crippen LogP contribution in [0.15, 0.2) is 0 Å². The maximum atomic E-state index is 8.67. The van der Waals surface area contributed by atoms with Crippen LogP contribution in [0.25, 0.3) is 0 Å². The Morgan fingerprint density at radius 3 is 1.78 bits per heavy atom. The zero-order valence-electron chi connectivity index (χ0n) is 5.13. The minimum Gasteiger partial charge on any atom is -0.328 e. The van der Waals surface area contributed by atoms with E-state index in [4.69, 9.17) is 4.89 Å². The number of hydrogen-bond donors (Lipinski definition) is 1. The molecule has 0 amide bonds. The molecule has 0 saturated carbocycles. The molecule has 0 saturated heterocycles. The SMILES string of the molecule is CCOP(O)OCC.[SiH4]. The van der Waals surface area contributed by atoms with E-state index in [1.54, 1.807) is 0 Å². The summed E-state index contributed by atoms with van der Waals surface area (Å²) in [6.45, 7) is 4.62. The van der Waals surface area contributed by atoms with Crippen LogP contribution >= 0.6 is 8.60 Å². The first kappa shape index (κ1) is 12.2. The van der Waals surface area contributed by atoms with E-state index in [-0.39, 0.29) is 11.0 Å². The molecular formula is C4H15O3PSi. The van der Waals surface area contributed by atoms with Gasteiger partial charge in [0.15, 0.2) is 0 Å². The van der Waals surface area contributed by atoms with Crippen molar-refractivity contribution in [3.63, 3.8) is 0 Å². The third-order valence-corrected chi connectivity index (χ3v) is 1.44.